The van der Waals surface area contributed by atoms with Crippen molar-refractivity contribution >= 4 is 11.7 Å². The van der Waals surface area contributed by atoms with Gasteiger partial charge in [0, 0.05) is 24.3 Å². The van der Waals surface area contributed by atoms with Crippen LogP contribution in [0.25, 0.3) is 0 Å². The van der Waals surface area contributed by atoms with Crippen LogP contribution in [0.2, 0.25) is 0 Å². The molecule has 1 saturated heterocycles. The second-order valence-corrected chi connectivity index (χ2v) is 5.82. The highest BCUT2D eigenvalue weighted by atomic mass is 16.4. The third kappa shape index (κ3) is 2.57. The first-order valence-corrected chi connectivity index (χ1v) is 7.45. The zero-order valence-corrected chi connectivity index (χ0v) is 11.9. The second kappa shape index (κ2) is 5.71. The van der Waals surface area contributed by atoms with Crippen LogP contribution in [0.1, 0.15) is 48.2 Å². The van der Waals surface area contributed by atoms with Gasteiger partial charge in [-0.1, -0.05) is 18.0 Å². The number of likely N-dealkylation sites (tertiary alicyclic amines) is 1. The van der Waals surface area contributed by atoms with E-state index in [1.807, 2.05) is 4.90 Å². The maximum atomic E-state index is 12.6. The molecule has 0 aromatic carbocycles. The Morgan fingerprint density at radius 3 is 2.86 bits per heavy atom. The number of hydrogen-bond acceptors (Lipinski definition) is 4. The Hall–Kier alpha value is -2.11. The molecule has 21 heavy (non-hydrogen) atoms. The number of nitrogens with two attached hydrogens (primary N) is 1. The van der Waals surface area contributed by atoms with Gasteiger partial charge in [0.2, 0.25) is 0 Å². The molecule has 6 nitrogen and oxygen atoms in total. The topological polar surface area (TPSA) is 91.8 Å². The fraction of sp³-hybridized carbons (Fsp3) is 0.533. The third-order valence-corrected chi connectivity index (χ3v) is 4.66. The van der Waals surface area contributed by atoms with E-state index in [0.29, 0.717) is 23.2 Å². The molecule has 2 heterocycles. The van der Waals surface area contributed by atoms with Gasteiger partial charge in [-0.05, 0) is 37.3 Å². The van der Waals surface area contributed by atoms with E-state index < -0.39 is 0 Å². The van der Waals surface area contributed by atoms with E-state index in [9.17, 15) is 4.79 Å². The average molecular weight is 288 g/mol. The van der Waals surface area contributed by atoms with Crippen molar-refractivity contribution in [3.8, 4) is 0 Å². The maximum absolute atomic E-state index is 12.6. The Morgan fingerprint density at radius 1 is 1.33 bits per heavy atom. The number of amidine groups is 1. The predicted octanol–water partition coefficient (Wildman–Crippen LogP) is 1.58. The molecule has 0 bridgehead atoms. The monoisotopic (exact) mass is 288 g/mol. The fourth-order valence-corrected chi connectivity index (χ4v) is 3.53. The minimum Gasteiger partial charge on any atom is -0.409 e. The highest BCUT2D eigenvalue weighted by molar-refractivity contribution is 5.98. The number of fused-ring (bicyclic) bond motifs is 1. The number of oxime groups is 1. The number of pyridine rings is 1. The van der Waals surface area contributed by atoms with E-state index in [0.717, 1.165) is 19.4 Å². The first-order valence-electron chi connectivity index (χ1n) is 7.45. The van der Waals surface area contributed by atoms with E-state index in [-0.39, 0.29) is 11.7 Å². The number of aromatic nitrogens is 1. The SMILES string of the molecule is N/C(=N/O)c1ccc(C(=O)N2CCC3CCCCC32)nc1. The zero-order chi connectivity index (χ0) is 14.8. The Bertz CT molecular complexity index is 555. The molecule has 1 aliphatic carbocycles. The summed E-state index contributed by atoms with van der Waals surface area (Å²) < 4.78 is 0. The highest BCUT2D eigenvalue weighted by Crippen LogP contribution is 2.36. The number of carbonyl (C=O) groups is 1. The molecule has 2 unspecified atom stereocenters. The van der Waals surface area contributed by atoms with Crippen LogP contribution < -0.4 is 5.73 Å². The third-order valence-electron chi connectivity index (χ3n) is 4.66. The summed E-state index contributed by atoms with van der Waals surface area (Å²) >= 11 is 0. The lowest BCUT2D eigenvalue weighted by atomic mass is 9.85. The van der Waals surface area contributed by atoms with Gasteiger partial charge in [0.25, 0.3) is 5.91 Å². The molecule has 1 aliphatic heterocycles. The lowest BCUT2D eigenvalue weighted by Crippen LogP contribution is -2.39. The normalized spacial score (nSPS) is 25.7. The van der Waals surface area contributed by atoms with Crippen molar-refractivity contribution in [3.63, 3.8) is 0 Å². The summed E-state index contributed by atoms with van der Waals surface area (Å²) in [6.07, 6.45) is 7.43. The van der Waals surface area contributed by atoms with Crippen molar-refractivity contribution in [1.82, 2.24) is 9.88 Å². The molecule has 1 amide bonds. The molecule has 2 fully saturated rings. The van der Waals surface area contributed by atoms with Gasteiger partial charge < -0.3 is 15.8 Å². The second-order valence-electron chi connectivity index (χ2n) is 5.82. The van der Waals surface area contributed by atoms with E-state index in [1.54, 1.807) is 12.1 Å². The summed E-state index contributed by atoms with van der Waals surface area (Å²) in [6.45, 7) is 0.831. The van der Waals surface area contributed by atoms with Crippen molar-refractivity contribution < 1.29 is 10.0 Å². The molecule has 3 rings (SSSR count). The number of carbonyl (C=O) groups excluding carboxylic acids is 1. The number of hydrogen-bond donors (Lipinski definition) is 2. The molecule has 1 aromatic rings. The van der Waals surface area contributed by atoms with Gasteiger partial charge in [-0.25, -0.2) is 0 Å². The van der Waals surface area contributed by atoms with Gasteiger partial charge in [0.1, 0.15) is 5.69 Å². The Labute approximate surface area is 123 Å². The molecule has 0 radical (unpaired) electrons. The minimum atomic E-state index is -0.00461. The van der Waals surface area contributed by atoms with Gasteiger partial charge in [0.15, 0.2) is 5.84 Å². The van der Waals surface area contributed by atoms with Crippen molar-refractivity contribution in [1.29, 1.82) is 0 Å². The Kier molecular flexibility index (Phi) is 3.77. The van der Waals surface area contributed by atoms with Gasteiger partial charge in [-0.15, -0.1) is 0 Å². The first-order chi connectivity index (χ1) is 10.2. The summed E-state index contributed by atoms with van der Waals surface area (Å²) in [4.78, 5) is 18.8. The van der Waals surface area contributed by atoms with Crippen LogP contribution in [0.5, 0.6) is 0 Å². The molecule has 3 N–H and O–H groups in total. The van der Waals surface area contributed by atoms with Crippen LogP contribution in [0, 0.1) is 5.92 Å². The molecule has 6 heteroatoms. The van der Waals surface area contributed by atoms with Crippen molar-refractivity contribution in [2.75, 3.05) is 6.54 Å². The molecule has 2 aliphatic rings. The van der Waals surface area contributed by atoms with Crippen LogP contribution >= 0.6 is 0 Å². The largest absolute Gasteiger partial charge is 0.409 e. The summed E-state index contributed by atoms with van der Waals surface area (Å²) in [5, 5.41) is 11.6. The van der Waals surface area contributed by atoms with Crippen LogP contribution in [-0.4, -0.2) is 39.4 Å². The van der Waals surface area contributed by atoms with Crippen molar-refractivity contribution in [2.45, 2.75) is 38.1 Å². The predicted molar refractivity (Wildman–Crippen MR) is 78.1 cm³/mol. The van der Waals surface area contributed by atoms with Crippen LogP contribution in [0.3, 0.4) is 0 Å². The summed E-state index contributed by atoms with van der Waals surface area (Å²) in [6, 6.07) is 3.69. The Morgan fingerprint density at radius 2 is 2.14 bits per heavy atom. The van der Waals surface area contributed by atoms with Crippen molar-refractivity contribution in [3.05, 3.63) is 29.6 Å². The quantitative estimate of drug-likeness (QED) is 0.374. The van der Waals surface area contributed by atoms with Crippen molar-refractivity contribution in [2.24, 2.45) is 16.8 Å². The van der Waals surface area contributed by atoms with Gasteiger partial charge in [-0.2, -0.15) is 0 Å². The molecule has 1 saturated carbocycles. The summed E-state index contributed by atoms with van der Waals surface area (Å²) in [7, 11) is 0. The summed E-state index contributed by atoms with van der Waals surface area (Å²) in [5.41, 5.74) is 6.43. The number of nitrogens with zero attached hydrogens (tertiary/aromatic N) is 3. The lowest BCUT2D eigenvalue weighted by molar-refractivity contribution is 0.0684. The van der Waals surface area contributed by atoms with Gasteiger partial charge in [0.05, 0.1) is 0 Å². The van der Waals surface area contributed by atoms with Crippen LogP contribution in [-0.2, 0) is 0 Å². The Balaban J connectivity index is 1.76. The molecule has 2 atom stereocenters. The van der Waals surface area contributed by atoms with E-state index in [1.165, 1.54) is 25.5 Å². The number of amides is 1. The molecular weight excluding hydrogens is 268 g/mol. The first kappa shape index (κ1) is 13.9. The average Bonchev–Trinajstić information content (AvgIpc) is 2.97. The maximum Gasteiger partial charge on any atom is 0.272 e. The molecule has 1 aromatic heterocycles. The highest BCUT2D eigenvalue weighted by Gasteiger charge is 2.38. The number of rotatable bonds is 2. The van der Waals surface area contributed by atoms with Crippen LogP contribution in [0.15, 0.2) is 23.5 Å². The van der Waals surface area contributed by atoms with E-state index in [4.69, 9.17) is 10.9 Å². The minimum absolute atomic E-state index is 0.00420. The fourth-order valence-electron chi connectivity index (χ4n) is 3.53. The molecular formula is C15H20N4O2. The summed E-state index contributed by atoms with van der Waals surface area (Å²) in [5.74, 6) is 0.657. The lowest BCUT2D eigenvalue weighted by Gasteiger charge is -2.31. The van der Waals surface area contributed by atoms with Crippen LogP contribution in [0.4, 0.5) is 0 Å². The standard InChI is InChI=1S/C15H20N4O2/c16-14(18-21)11-5-6-12(17-9-11)15(20)19-8-7-10-3-1-2-4-13(10)19/h5-6,9-10,13,21H,1-4,7-8H2,(H2,16,18). The van der Waals surface area contributed by atoms with E-state index in [2.05, 4.69) is 10.1 Å². The molecule has 112 valence electrons. The van der Waals surface area contributed by atoms with Gasteiger partial charge >= 0.3 is 0 Å². The molecule has 0 spiro atoms. The van der Waals surface area contributed by atoms with E-state index >= 15 is 0 Å². The smallest absolute Gasteiger partial charge is 0.272 e. The van der Waals surface area contributed by atoms with Gasteiger partial charge in [-0.3, -0.25) is 9.78 Å². The zero-order valence-electron chi connectivity index (χ0n) is 11.9.